The Kier molecular flexibility index (Phi) is 6.01. The van der Waals surface area contributed by atoms with Gasteiger partial charge in [-0.2, -0.15) is 0 Å². The van der Waals surface area contributed by atoms with Gasteiger partial charge in [-0.3, -0.25) is 4.72 Å². The Morgan fingerprint density at radius 2 is 1.23 bits per heavy atom. The maximum atomic E-state index is 13.1. The van der Waals surface area contributed by atoms with Gasteiger partial charge in [0.1, 0.15) is 0 Å². The lowest BCUT2D eigenvalue weighted by Crippen LogP contribution is -2.13. The number of sulfonamides is 1. The fraction of sp³-hybridized carbons (Fsp3) is 0.0714. The van der Waals surface area contributed by atoms with Crippen molar-refractivity contribution in [3.8, 4) is 22.5 Å². The zero-order valence-corrected chi connectivity index (χ0v) is 20.7. The Balaban J connectivity index is 1.65. The number of aromatic nitrogens is 2. The fourth-order valence-electron chi connectivity index (χ4n) is 3.77. The first kappa shape index (κ1) is 23.0. The van der Waals surface area contributed by atoms with Crippen LogP contribution in [0.5, 0.6) is 0 Å². The summed E-state index contributed by atoms with van der Waals surface area (Å²) in [6.07, 6.45) is 0. The van der Waals surface area contributed by atoms with Gasteiger partial charge in [0.2, 0.25) is 0 Å². The minimum atomic E-state index is -3.88. The van der Waals surface area contributed by atoms with Gasteiger partial charge >= 0.3 is 0 Å². The first-order valence-electron chi connectivity index (χ1n) is 11.0. The largest absolute Gasteiger partial charge is 0.278 e. The van der Waals surface area contributed by atoms with Crippen LogP contribution in [0.2, 0.25) is 5.02 Å². The van der Waals surface area contributed by atoms with Gasteiger partial charge < -0.3 is 0 Å². The van der Waals surface area contributed by atoms with Crippen LogP contribution < -0.4 is 4.72 Å². The maximum absolute atomic E-state index is 13.1. The van der Waals surface area contributed by atoms with Crippen LogP contribution in [0.1, 0.15) is 11.1 Å². The van der Waals surface area contributed by atoms with Crippen LogP contribution in [-0.4, -0.2) is 18.4 Å². The number of para-hydroxylation sites is 1. The number of fused-ring (bicyclic) bond motifs is 1. The van der Waals surface area contributed by atoms with Gasteiger partial charge in [-0.25, -0.2) is 18.4 Å². The van der Waals surface area contributed by atoms with Crippen molar-refractivity contribution in [2.75, 3.05) is 4.72 Å². The molecule has 1 heterocycles. The number of aryl methyl sites for hydroxylation is 2. The molecule has 5 rings (SSSR count). The van der Waals surface area contributed by atoms with Crippen LogP contribution in [-0.2, 0) is 10.0 Å². The van der Waals surface area contributed by atoms with E-state index in [1.807, 2.05) is 62.4 Å². The molecule has 0 spiro atoms. The molecule has 0 unspecified atom stereocenters. The molecule has 7 heteroatoms. The average molecular weight is 500 g/mol. The number of anilines is 1. The molecule has 0 amide bonds. The summed E-state index contributed by atoms with van der Waals surface area (Å²) in [4.78, 5) is 9.87. The Bertz CT molecular complexity index is 1650. The van der Waals surface area contributed by atoms with Crippen LogP contribution in [0.25, 0.3) is 33.5 Å². The smallest absolute Gasteiger partial charge is 0.262 e. The first-order chi connectivity index (χ1) is 16.8. The highest BCUT2D eigenvalue weighted by Crippen LogP contribution is 2.32. The summed E-state index contributed by atoms with van der Waals surface area (Å²) in [5.41, 5.74) is 6.97. The van der Waals surface area contributed by atoms with Crippen molar-refractivity contribution in [3.05, 3.63) is 107 Å². The lowest BCUT2D eigenvalue weighted by atomic mass is 10.0. The molecule has 35 heavy (non-hydrogen) atoms. The van der Waals surface area contributed by atoms with Gasteiger partial charge in [-0.05, 0) is 44.2 Å². The number of hydrogen-bond acceptors (Lipinski definition) is 4. The normalized spacial score (nSPS) is 11.5. The Morgan fingerprint density at radius 1 is 0.686 bits per heavy atom. The van der Waals surface area contributed by atoms with Gasteiger partial charge in [-0.15, -0.1) is 0 Å². The minimum absolute atomic E-state index is 0.0807. The Hall–Kier alpha value is -3.74. The van der Waals surface area contributed by atoms with E-state index in [-0.39, 0.29) is 4.90 Å². The summed E-state index contributed by atoms with van der Waals surface area (Å²) < 4.78 is 28.7. The van der Waals surface area contributed by atoms with Crippen molar-refractivity contribution in [2.45, 2.75) is 18.7 Å². The third-order valence-corrected chi connectivity index (χ3v) is 7.41. The number of nitrogens with zero attached hydrogens (tertiary/aromatic N) is 2. The SMILES string of the molecule is Cc1ccc(-c2nc3ccc(S(=O)(=O)Nc4ccccc4Cl)cc3nc2-c2ccc(C)cc2)cc1. The topological polar surface area (TPSA) is 72.0 Å². The van der Waals surface area contributed by atoms with Crippen LogP contribution >= 0.6 is 11.6 Å². The number of halogens is 1. The second kappa shape index (κ2) is 9.13. The van der Waals surface area contributed by atoms with Crippen molar-refractivity contribution >= 4 is 38.3 Å². The summed E-state index contributed by atoms with van der Waals surface area (Å²) in [5, 5.41) is 0.320. The molecule has 0 saturated carbocycles. The fourth-order valence-corrected chi connectivity index (χ4v) is 5.11. The van der Waals surface area contributed by atoms with Gasteiger partial charge in [0.15, 0.2) is 0 Å². The summed E-state index contributed by atoms with van der Waals surface area (Å²) in [6, 6.07) is 27.6. The standard InChI is InChI=1S/C28H22ClN3O2S/c1-18-7-11-20(12-8-18)27-28(21-13-9-19(2)10-14-21)31-26-17-22(15-16-25(26)30-27)35(33,34)32-24-6-4-3-5-23(24)29/h3-17,32H,1-2H3. The van der Waals surface area contributed by atoms with Gasteiger partial charge in [0.05, 0.1) is 38.0 Å². The van der Waals surface area contributed by atoms with E-state index in [4.69, 9.17) is 21.6 Å². The summed E-state index contributed by atoms with van der Waals surface area (Å²) >= 11 is 6.15. The van der Waals surface area contributed by atoms with Crippen molar-refractivity contribution in [2.24, 2.45) is 0 Å². The number of benzene rings is 4. The van der Waals surface area contributed by atoms with E-state index in [0.29, 0.717) is 27.4 Å². The predicted molar refractivity (Wildman–Crippen MR) is 142 cm³/mol. The van der Waals surface area contributed by atoms with E-state index in [2.05, 4.69) is 4.72 Å². The quantitative estimate of drug-likeness (QED) is 0.281. The molecule has 0 aliphatic rings. The van der Waals surface area contributed by atoms with Gasteiger partial charge in [0, 0.05) is 11.1 Å². The molecule has 0 saturated heterocycles. The van der Waals surface area contributed by atoms with Crippen molar-refractivity contribution in [3.63, 3.8) is 0 Å². The van der Waals surface area contributed by atoms with Crippen molar-refractivity contribution in [1.82, 2.24) is 9.97 Å². The van der Waals surface area contributed by atoms with Gasteiger partial charge in [0.25, 0.3) is 10.0 Å². The molecule has 174 valence electrons. The molecule has 5 nitrogen and oxygen atoms in total. The highest BCUT2D eigenvalue weighted by Gasteiger charge is 2.19. The number of rotatable bonds is 5. The Morgan fingerprint density at radius 3 is 1.80 bits per heavy atom. The molecule has 4 aromatic carbocycles. The summed E-state index contributed by atoms with van der Waals surface area (Å²) in [6.45, 7) is 4.06. The van der Waals surface area contributed by atoms with Crippen LogP contribution in [0, 0.1) is 13.8 Å². The van der Waals surface area contributed by atoms with E-state index < -0.39 is 10.0 Å². The lowest BCUT2D eigenvalue weighted by molar-refractivity contribution is 0.601. The van der Waals surface area contributed by atoms with Crippen LogP contribution in [0.3, 0.4) is 0 Å². The molecule has 0 fully saturated rings. The van der Waals surface area contributed by atoms with E-state index in [1.165, 1.54) is 12.1 Å². The molecule has 0 radical (unpaired) electrons. The first-order valence-corrected chi connectivity index (χ1v) is 12.9. The van der Waals surface area contributed by atoms with Gasteiger partial charge in [-0.1, -0.05) is 83.4 Å². The molecule has 1 N–H and O–H groups in total. The summed E-state index contributed by atoms with van der Waals surface area (Å²) in [5.74, 6) is 0. The van der Waals surface area contributed by atoms with Crippen LogP contribution in [0.15, 0.2) is 95.9 Å². The van der Waals surface area contributed by atoms with E-state index in [0.717, 1.165) is 27.9 Å². The maximum Gasteiger partial charge on any atom is 0.262 e. The third kappa shape index (κ3) is 4.76. The molecule has 0 bridgehead atoms. The third-order valence-electron chi connectivity index (χ3n) is 5.71. The summed E-state index contributed by atoms with van der Waals surface area (Å²) in [7, 11) is -3.88. The van der Waals surface area contributed by atoms with Crippen LogP contribution in [0.4, 0.5) is 5.69 Å². The molecule has 1 aromatic heterocycles. The average Bonchev–Trinajstić information content (AvgIpc) is 2.85. The highest BCUT2D eigenvalue weighted by atomic mass is 35.5. The monoisotopic (exact) mass is 499 g/mol. The number of nitrogens with one attached hydrogen (secondary N) is 1. The van der Waals surface area contributed by atoms with E-state index in [1.54, 1.807) is 30.3 Å². The van der Waals surface area contributed by atoms with E-state index in [9.17, 15) is 8.42 Å². The van der Waals surface area contributed by atoms with E-state index >= 15 is 0 Å². The molecular formula is C28H22ClN3O2S. The Labute approximate surface area is 209 Å². The molecule has 0 aliphatic carbocycles. The van der Waals surface area contributed by atoms with Crippen molar-refractivity contribution in [1.29, 1.82) is 0 Å². The molecular weight excluding hydrogens is 478 g/mol. The second-order valence-corrected chi connectivity index (χ2v) is 10.5. The lowest BCUT2D eigenvalue weighted by Gasteiger charge is -2.13. The second-order valence-electron chi connectivity index (χ2n) is 8.39. The molecule has 0 atom stereocenters. The molecule has 0 aliphatic heterocycles. The zero-order chi connectivity index (χ0) is 24.6. The minimum Gasteiger partial charge on any atom is -0.278 e. The van der Waals surface area contributed by atoms with Crippen molar-refractivity contribution < 1.29 is 8.42 Å². The number of hydrogen-bond donors (Lipinski definition) is 1. The predicted octanol–water partition coefficient (Wildman–Crippen LogP) is 7.03. The zero-order valence-electron chi connectivity index (χ0n) is 19.2. The molecule has 5 aromatic rings. The highest BCUT2D eigenvalue weighted by molar-refractivity contribution is 7.92.